The summed E-state index contributed by atoms with van der Waals surface area (Å²) in [7, 11) is 0. The molecule has 1 aromatic carbocycles. The third-order valence-electron chi connectivity index (χ3n) is 3.17. The maximum absolute atomic E-state index is 12.7. The van der Waals surface area contributed by atoms with Crippen molar-refractivity contribution >= 4 is 17.2 Å². The summed E-state index contributed by atoms with van der Waals surface area (Å²) in [6.07, 6.45) is -8.85. The number of hydrogen-bond donors (Lipinski definition) is 1. The van der Waals surface area contributed by atoms with E-state index >= 15 is 0 Å². The fraction of sp³-hybridized carbons (Fsp3) is 0.357. The van der Waals surface area contributed by atoms with Gasteiger partial charge >= 0.3 is 12.4 Å². The molecule has 0 aliphatic heterocycles. The van der Waals surface area contributed by atoms with Crippen LogP contribution >= 0.6 is 0 Å². The lowest BCUT2D eigenvalue weighted by Crippen LogP contribution is -2.16. The van der Waals surface area contributed by atoms with Gasteiger partial charge in [-0.2, -0.15) is 36.7 Å². The predicted octanol–water partition coefficient (Wildman–Crippen LogP) is 3.99. The molecule has 0 aromatic heterocycles. The first-order valence-electron chi connectivity index (χ1n) is 6.60. The number of Topliss-reactive ketones (excluding diaryl/α,β-unsaturated/α-hetero) is 1. The zero-order chi connectivity index (χ0) is 18.1. The summed E-state index contributed by atoms with van der Waals surface area (Å²) in [5.41, 5.74) is -2.35. The maximum atomic E-state index is 12.7. The Morgan fingerprint density at radius 1 is 1.08 bits per heavy atom. The number of carbonyl (C=O) groups is 1. The summed E-state index contributed by atoms with van der Waals surface area (Å²) < 4.78 is 76.2. The normalized spacial score (nSPS) is 15.8. The molecule has 0 amide bonds. The van der Waals surface area contributed by atoms with E-state index in [0.717, 1.165) is 0 Å². The summed E-state index contributed by atoms with van der Waals surface area (Å²) in [5.74, 6) is -0.953. The first-order valence-corrected chi connectivity index (χ1v) is 6.60. The zero-order valence-corrected chi connectivity index (χ0v) is 11.8. The minimum atomic E-state index is -5.00. The summed E-state index contributed by atoms with van der Waals surface area (Å²) in [6.45, 7) is 0. The molecular weight excluding hydrogens is 340 g/mol. The molecule has 0 unspecified atom stereocenters. The molecule has 0 saturated heterocycles. The van der Waals surface area contributed by atoms with Crippen LogP contribution in [0.5, 0.6) is 0 Å². The van der Waals surface area contributed by atoms with Gasteiger partial charge in [0.15, 0.2) is 5.78 Å². The lowest BCUT2D eigenvalue weighted by Gasteiger charge is -2.13. The molecule has 1 fully saturated rings. The van der Waals surface area contributed by atoms with Gasteiger partial charge in [0.2, 0.25) is 5.71 Å². The summed E-state index contributed by atoms with van der Waals surface area (Å²) in [4.78, 5) is 11.7. The Morgan fingerprint density at radius 3 is 1.96 bits per heavy atom. The molecule has 0 heterocycles. The van der Waals surface area contributed by atoms with Crippen LogP contribution in [0.4, 0.5) is 32.0 Å². The number of nitrogens with one attached hydrogen (secondary N) is 1. The minimum Gasteiger partial charge on any atom is -0.291 e. The average molecular weight is 349 g/mol. The van der Waals surface area contributed by atoms with Crippen molar-refractivity contribution in [2.24, 2.45) is 11.0 Å². The van der Waals surface area contributed by atoms with Crippen LogP contribution in [0, 0.1) is 17.2 Å². The number of hydrogen-bond acceptors (Lipinski definition) is 4. The number of carbonyl (C=O) groups excluding carboxylic acids is 1. The van der Waals surface area contributed by atoms with E-state index in [1.807, 2.05) is 5.43 Å². The third-order valence-corrected chi connectivity index (χ3v) is 3.17. The molecule has 24 heavy (non-hydrogen) atoms. The van der Waals surface area contributed by atoms with Crippen LogP contribution in [0.15, 0.2) is 23.3 Å². The van der Waals surface area contributed by atoms with Gasteiger partial charge in [-0.25, -0.2) is 0 Å². The van der Waals surface area contributed by atoms with E-state index in [9.17, 15) is 31.1 Å². The first kappa shape index (κ1) is 17.8. The van der Waals surface area contributed by atoms with Crippen LogP contribution in [-0.4, -0.2) is 11.5 Å². The Labute approximate surface area is 131 Å². The van der Waals surface area contributed by atoms with E-state index in [1.54, 1.807) is 0 Å². The Kier molecular flexibility index (Phi) is 4.55. The molecule has 128 valence electrons. The number of alkyl halides is 6. The van der Waals surface area contributed by atoms with E-state index in [0.29, 0.717) is 25.0 Å². The molecule has 0 radical (unpaired) electrons. The van der Waals surface area contributed by atoms with E-state index in [1.165, 1.54) is 6.07 Å². The van der Waals surface area contributed by atoms with Crippen LogP contribution in [-0.2, 0) is 17.1 Å². The number of rotatable bonds is 4. The molecule has 2 rings (SSSR count). The van der Waals surface area contributed by atoms with Gasteiger partial charge in [0.25, 0.3) is 0 Å². The lowest BCUT2D eigenvalue weighted by atomic mass is 10.1. The topological polar surface area (TPSA) is 65.2 Å². The fourth-order valence-corrected chi connectivity index (χ4v) is 1.81. The summed E-state index contributed by atoms with van der Waals surface area (Å²) >= 11 is 0. The van der Waals surface area contributed by atoms with Crippen molar-refractivity contribution in [3.8, 4) is 6.07 Å². The average Bonchev–Trinajstić information content (AvgIpc) is 3.30. The van der Waals surface area contributed by atoms with E-state index in [4.69, 9.17) is 5.26 Å². The molecule has 1 aliphatic carbocycles. The van der Waals surface area contributed by atoms with Crippen molar-refractivity contribution in [3.05, 3.63) is 29.3 Å². The quantitative estimate of drug-likeness (QED) is 0.508. The molecule has 0 bridgehead atoms. The van der Waals surface area contributed by atoms with Crippen LogP contribution in [0.3, 0.4) is 0 Å². The van der Waals surface area contributed by atoms with Crippen molar-refractivity contribution in [2.75, 3.05) is 5.43 Å². The Balaban J connectivity index is 2.35. The predicted molar refractivity (Wildman–Crippen MR) is 70.8 cm³/mol. The second-order valence-electron chi connectivity index (χ2n) is 5.12. The van der Waals surface area contributed by atoms with Crippen molar-refractivity contribution < 1.29 is 31.1 Å². The molecule has 1 saturated carbocycles. The number of nitriles is 1. The summed E-state index contributed by atoms with van der Waals surface area (Å²) in [6, 6.07) is 2.27. The van der Waals surface area contributed by atoms with Crippen molar-refractivity contribution in [1.82, 2.24) is 0 Å². The number of hydrazone groups is 1. The molecule has 4 nitrogen and oxygen atoms in total. The largest absolute Gasteiger partial charge is 0.416 e. The SMILES string of the molecule is N#C/C(=N\Nc1cc(C(F)(F)F)cc(C(F)(F)F)c1)C(=O)C1CC1. The van der Waals surface area contributed by atoms with Gasteiger partial charge in [0.05, 0.1) is 16.8 Å². The van der Waals surface area contributed by atoms with Gasteiger partial charge in [-0.3, -0.25) is 10.2 Å². The second-order valence-corrected chi connectivity index (χ2v) is 5.12. The van der Waals surface area contributed by atoms with Gasteiger partial charge in [-0.15, -0.1) is 0 Å². The zero-order valence-electron chi connectivity index (χ0n) is 11.8. The smallest absolute Gasteiger partial charge is 0.291 e. The highest BCUT2D eigenvalue weighted by molar-refractivity contribution is 6.47. The highest BCUT2D eigenvalue weighted by Gasteiger charge is 2.37. The second kappa shape index (κ2) is 6.14. The number of halogens is 6. The molecule has 0 atom stereocenters. The monoisotopic (exact) mass is 349 g/mol. The molecule has 0 spiro atoms. The van der Waals surface area contributed by atoms with Gasteiger partial charge in [0, 0.05) is 5.92 Å². The first-order chi connectivity index (χ1) is 11.0. The summed E-state index contributed by atoms with van der Waals surface area (Å²) in [5, 5.41) is 12.2. The number of ketones is 1. The molecule has 1 aliphatic rings. The van der Waals surface area contributed by atoms with E-state index < -0.39 is 40.7 Å². The van der Waals surface area contributed by atoms with Gasteiger partial charge in [-0.1, -0.05) is 0 Å². The van der Waals surface area contributed by atoms with Crippen molar-refractivity contribution in [2.45, 2.75) is 25.2 Å². The number of anilines is 1. The van der Waals surface area contributed by atoms with E-state index in [-0.39, 0.29) is 12.0 Å². The van der Waals surface area contributed by atoms with Gasteiger partial charge in [0.1, 0.15) is 6.07 Å². The molecular formula is C14H9F6N3O. The molecule has 10 heteroatoms. The van der Waals surface area contributed by atoms with E-state index in [2.05, 4.69) is 5.10 Å². The van der Waals surface area contributed by atoms with Crippen LogP contribution < -0.4 is 5.43 Å². The Bertz CT molecular complexity index is 693. The molecule has 1 N–H and O–H groups in total. The van der Waals surface area contributed by atoms with Crippen LogP contribution in [0.2, 0.25) is 0 Å². The standard InChI is InChI=1S/C14H9F6N3O/c15-13(16,17)8-3-9(14(18,19)20)5-10(4-8)22-23-11(6-21)12(24)7-1-2-7/h3-5,7,22H,1-2H2/b23-11+. The molecule has 1 aromatic rings. The maximum Gasteiger partial charge on any atom is 0.416 e. The van der Waals surface area contributed by atoms with Gasteiger partial charge in [-0.05, 0) is 31.0 Å². The van der Waals surface area contributed by atoms with Crippen LogP contribution in [0.1, 0.15) is 24.0 Å². The minimum absolute atomic E-state index is 0.0323. The van der Waals surface area contributed by atoms with Crippen LogP contribution in [0.25, 0.3) is 0 Å². The van der Waals surface area contributed by atoms with Crippen molar-refractivity contribution in [1.29, 1.82) is 5.26 Å². The lowest BCUT2D eigenvalue weighted by molar-refractivity contribution is -0.143. The number of benzene rings is 1. The Hall–Kier alpha value is -2.57. The third kappa shape index (κ3) is 4.24. The Morgan fingerprint density at radius 2 is 1.58 bits per heavy atom. The highest BCUT2D eigenvalue weighted by atomic mass is 19.4. The number of nitrogens with zero attached hydrogens (tertiary/aromatic N) is 2. The van der Waals surface area contributed by atoms with Crippen molar-refractivity contribution in [3.63, 3.8) is 0 Å². The highest BCUT2D eigenvalue weighted by Crippen LogP contribution is 2.37. The fourth-order valence-electron chi connectivity index (χ4n) is 1.81. The van der Waals surface area contributed by atoms with Gasteiger partial charge < -0.3 is 0 Å².